The molecule has 0 aliphatic carbocycles. The minimum atomic E-state index is 0.192. The lowest BCUT2D eigenvalue weighted by Crippen LogP contribution is -2.39. The van der Waals surface area contributed by atoms with Crippen molar-refractivity contribution < 1.29 is 9.21 Å². The molecule has 4 heteroatoms. The van der Waals surface area contributed by atoms with Gasteiger partial charge in [0.05, 0.1) is 6.26 Å². The van der Waals surface area contributed by atoms with Gasteiger partial charge >= 0.3 is 0 Å². The summed E-state index contributed by atoms with van der Waals surface area (Å²) in [5.41, 5.74) is 0. The average molecular weight is 262 g/mol. The van der Waals surface area contributed by atoms with Crippen molar-refractivity contribution in [3.05, 3.63) is 24.2 Å². The van der Waals surface area contributed by atoms with Gasteiger partial charge in [-0.3, -0.25) is 4.79 Å². The quantitative estimate of drug-likeness (QED) is 0.851. The summed E-state index contributed by atoms with van der Waals surface area (Å²) in [7, 11) is 0. The highest BCUT2D eigenvalue weighted by Crippen LogP contribution is 2.32. The summed E-state index contributed by atoms with van der Waals surface area (Å²) in [5.74, 6) is 1.69. The van der Waals surface area contributed by atoms with Crippen LogP contribution >= 0.6 is 0 Å². The first-order chi connectivity index (χ1) is 9.29. The van der Waals surface area contributed by atoms with Gasteiger partial charge in [-0.1, -0.05) is 0 Å². The van der Waals surface area contributed by atoms with Gasteiger partial charge in [-0.05, 0) is 43.7 Å². The molecule has 0 spiro atoms. The number of carbonyl (C=O) groups excluding carboxylic acids is 1. The van der Waals surface area contributed by atoms with Crippen molar-refractivity contribution in [2.75, 3.05) is 6.54 Å². The number of hydrogen-bond acceptors (Lipinski definition) is 3. The minimum Gasteiger partial charge on any atom is -0.469 e. The maximum absolute atomic E-state index is 11.9. The molecule has 4 nitrogen and oxygen atoms in total. The fraction of sp³-hybridized carbons (Fsp3) is 0.667. The molecule has 2 aliphatic rings. The van der Waals surface area contributed by atoms with E-state index in [2.05, 4.69) is 10.6 Å². The van der Waals surface area contributed by atoms with E-state index in [1.165, 1.54) is 25.7 Å². The van der Waals surface area contributed by atoms with Gasteiger partial charge in [-0.25, -0.2) is 0 Å². The van der Waals surface area contributed by atoms with Crippen LogP contribution in [0.3, 0.4) is 0 Å². The third-order valence-corrected chi connectivity index (χ3v) is 4.32. The number of carbonyl (C=O) groups is 1. The highest BCUT2D eigenvalue weighted by atomic mass is 16.3. The Hall–Kier alpha value is -1.29. The molecule has 2 atom stereocenters. The zero-order valence-corrected chi connectivity index (χ0v) is 11.2. The third-order valence-electron chi connectivity index (χ3n) is 4.32. The maximum Gasteiger partial charge on any atom is 0.220 e. The molecule has 1 aromatic rings. The zero-order valence-electron chi connectivity index (χ0n) is 11.2. The highest BCUT2D eigenvalue weighted by Gasteiger charge is 2.33. The van der Waals surface area contributed by atoms with Crippen molar-refractivity contribution >= 4 is 5.91 Å². The molecular formula is C15H22N2O2. The Morgan fingerprint density at radius 3 is 2.84 bits per heavy atom. The molecular weight excluding hydrogens is 240 g/mol. The van der Waals surface area contributed by atoms with Crippen LogP contribution in [-0.4, -0.2) is 24.5 Å². The molecule has 0 radical (unpaired) electrons. The number of piperidine rings is 1. The molecule has 3 rings (SSSR count). The molecule has 2 fully saturated rings. The molecule has 19 heavy (non-hydrogen) atoms. The molecule has 2 bridgehead atoms. The Morgan fingerprint density at radius 2 is 2.16 bits per heavy atom. The topological polar surface area (TPSA) is 54.3 Å². The lowest BCUT2D eigenvalue weighted by Gasteiger charge is -2.28. The van der Waals surface area contributed by atoms with Crippen LogP contribution in [0.4, 0.5) is 0 Å². The van der Waals surface area contributed by atoms with Crippen LogP contribution in [0.15, 0.2) is 22.8 Å². The van der Waals surface area contributed by atoms with Gasteiger partial charge in [0.25, 0.3) is 0 Å². The Kier molecular flexibility index (Phi) is 3.87. The first-order valence-corrected chi connectivity index (χ1v) is 7.35. The number of nitrogens with one attached hydrogen (secondary N) is 2. The molecule has 0 saturated carbocycles. The summed E-state index contributed by atoms with van der Waals surface area (Å²) in [5, 5.41) is 6.61. The molecule has 3 heterocycles. The number of fused-ring (bicyclic) bond motifs is 2. The molecule has 2 saturated heterocycles. The van der Waals surface area contributed by atoms with Gasteiger partial charge in [0.2, 0.25) is 5.91 Å². The Morgan fingerprint density at radius 1 is 1.37 bits per heavy atom. The minimum absolute atomic E-state index is 0.192. The largest absolute Gasteiger partial charge is 0.469 e. The SMILES string of the molecule is O=C(CC1CC2CCC(C1)N2)NCCc1ccco1. The summed E-state index contributed by atoms with van der Waals surface area (Å²) >= 11 is 0. The summed E-state index contributed by atoms with van der Waals surface area (Å²) < 4.78 is 5.24. The van der Waals surface area contributed by atoms with E-state index in [-0.39, 0.29) is 5.91 Å². The predicted octanol–water partition coefficient (Wildman–Crippen LogP) is 1.86. The van der Waals surface area contributed by atoms with E-state index < -0.39 is 0 Å². The number of rotatable bonds is 5. The summed E-state index contributed by atoms with van der Waals surface area (Å²) in [6.45, 7) is 0.671. The van der Waals surface area contributed by atoms with Gasteiger partial charge in [-0.2, -0.15) is 0 Å². The van der Waals surface area contributed by atoms with E-state index in [1.807, 2.05) is 12.1 Å². The molecule has 104 valence electrons. The van der Waals surface area contributed by atoms with Crippen molar-refractivity contribution in [3.63, 3.8) is 0 Å². The van der Waals surface area contributed by atoms with Crippen LogP contribution in [0.2, 0.25) is 0 Å². The van der Waals surface area contributed by atoms with Crippen molar-refractivity contribution in [3.8, 4) is 0 Å². The predicted molar refractivity (Wildman–Crippen MR) is 72.7 cm³/mol. The Labute approximate surface area is 113 Å². The average Bonchev–Trinajstić information content (AvgIpc) is 2.99. The van der Waals surface area contributed by atoms with E-state index in [1.54, 1.807) is 6.26 Å². The number of furan rings is 1. The van der Waals surface area contributed by atoms with E-state index in [9.17, 15) is 4.79 Å². The molecule has 1 aromatic heterocycles. The van der Waals surface area contributed by atoms with Crippen LogP contribution < -0.4 is 10.6 Å². The van der Waals surface area contributed by atoms with Gasteiger partial charge in [0.15, 0.2) is 0 Å². The maximum atomic E-state index is 11.9. The summed E-state index contributed by atoms with van der Waals surface area (Å²) in [6.07, 6.45) is 8.05. The summed E-state index contributed by atoms with van der Waals surface area (Å²) in [6, 6.07) is 5.15. The van der Waals surface area contributed by atoms with Crippen LogP contribution in [0.1, 0.15) is 37.9 Å². The third kappa shape index (κ3) is 3.38. The molecule has 1 amide bonds. The van der Waals surface area contributed by atoms with Crippen molar-refractivity contribution in [1.82, 2.24) is 10.6 Å². The fourth-order valence-corrected chi connectivity index (χ4v) is 3.46. The molecule has 2 aliphatic heterocycles. The standard InChI is InChI=1S/C15H22N2O2/c18-15(16-6-5-14-2-1-7-19-14)10-11-8-12-3-4-13(9-11)17-12/h1-2,7,11-13,17H,3-6,8-10H2,(H,16,18). The van der Waals surface area contributed by atoms with E-state index in [4.69, 9.17) is 4.42 Å². The zero-order chi connectivity index (χ0) is 13.1. The van der Waals surface area contributed by atoms with Gasteiger partial charge in [0.1, 0.15) is 5.76 Å². The van der Waals surface area contributed by atoms with Crippen molar-refractivity contribution in [2.45, 2.75) is 50.6 Å². The van der Waals surface area contributed by atoms with Crippen molar-refractivity contribution in [2.24, 2.45) is 5.92 Å². The monoisotopic (exact) mass is 262 g/mol. The Balaban J connectivity index is 1.37. The van der Waals surface area contributed by atoms with E-state index in [0.717, 1.165) is 12.2 Å². The summed E-state index contributed by atoms with van der Waals surface area (Å²) in [4.78, 5) is 11.9. The first-order valence-electron chi connectivity index (χ1n) is 7.35. The van der Waals surface area contributed by atoms with Gasteiger partial charge in [0, 0.05) is 31.5 Å². The Bertz CT molecular complexity index is 404. The second-order valence-corrected chi connectivity index (χ2v) is 5.86. The number of hydrogen-bond donors (Lipinski definition) is 2. The second-order valence-electron chi connectivity index (χ2n) is 5.86. The normalized spacial score (nSPS) is 29.4. The second kappa shape index (κ2) is 5.78. The van der Waals surface area contributed by atoms with Gasteiger partial charge in [-0.15, -0.1) is 0 Å². The van der Waals surface area contributed by atoms with Crippen LogP contribution in [-0.2, 0) is 11.2 Å². The van der Waals surface area contributed by atoms with E-state index >= 15 is 0 Å². The highest BCUT2D eigenvalue weighted by molar-refractivity contribution is 5.76. The first kappa shape index (κ1) is 12.7. The molecule has 2 N–H and O–H groups in total. The lowest BCUT2D eigenvalue weighted by atomic mass is 9.89. The molecule has 2 unspecified atom stereocenters. The van der Waals surface area contributed by atoms with E-state index in [0.29, 0.717) is 31.0 Å². The van der Waals surface area contributed by atoms with Crippen LogP contribution in [0.5, 0.6) is 0 Å². The lowest BCUT2D eigenvalue weighted by molar-refractivity contribution is -0.122. The number of amides is 1. The van der Waals surface area contributed by atoms with Crippen molar-refractivity contribution in [1.29, 1.82) is 0 Å². The smallest absolute Gasteiger partial charge is 0.220 e. The van der Waals surface area contributed by atoms with Gasteiger partial charge < -0.3 is 15.1 Å². The fourth-order valence-electron chi connectivity index (χ4n) is 3.46. The molecule has 0 aromatic carbocycles. The van der Waals surface area contributed by atoms with Crippen LogP contribution in [0.25, 0.3) is 0 Å². The van der Waals surface area contributed by atoms with Crippen LogP contribution in [0, 0.1) is 5.92 Å².